The van der Waals surface area contributed by atoms with E-state index < -0.39 is 12.3 Å². The molecule has 9 aromatic carbocycles. The number of nitrogens with two attached hydrogens (primary N) is 1. The van der Waals surface area contributed by atoms with Crippen molar-refractivity contribution in [2.75, 3.05) is 0 Å². The zero-order chi connectivity index (χ0) is 34.6. The predicted molar refractivity (Wildman–Crippen MR) is 220 cm³/mol. The normalized spacial score (nSPS) is 13.3. The van der Waals surface area contributed by atoms with Crippen molar-refractivity contribution in [3.63, 3.8) is 0 Å². The third-order valence-corrected chi connectivity index (χ3v) is 10.7. The van der Waals surface area contributed by atoms with Crippen molar-refractivity contribution in [1.29, 1.82) is 0 Å². The first-order valence-electron chi connectivity index (χ1n) is 17.9. The highest BCUT2D eigenvalue weighted by Gasteiger charge is 2.24. The Bertz CT molecular complexity index is 2830. The van der Waals surface area contributed by atoms with E-state index in [2.05, 4.69) is 181 Å². The lowest BCUT2D eigenvalue weighted by Gasteiger charge is -2.22. The quantitative estimate of drug-likeness (QED) is 0.0770. The predicted octanol–water partition coefficient (Wildman–Crippen LogP) is 12.0. The number of nitrogens with zero attached hydrogens (tertiary/aromatic N) is 1. The molecule has 10 rings (SSSR count). The van der Waals surface area contributed by atoms with E-state index >= 15 is 0 Å². The molecule has 0 fully saturated rings. The van der Waals surface area contributed by atoms with Crippen LogP contribution in [0.4, 0.5) is 0 Å². The van der Waals surface area contributed by atoms with E-state index in [1.165, 1.54) is 70.9 Å². The highest BCUT2D eigenvalue weighted by atomic mass is 15.1. The van der Waals surface area contributed by atoms with Gasteiger partial charge in [0.2, 0.25) is 0 Å². The summed E-state index contributed by atoms with van der Waals surface area (Å²) in [6.45, 7) is 0. The van der Waals surface area contributed by atoms with E-state index in [1.807, 2.05) is 6.07 Å². The van der Waals surface area contributed by atoms with Crippen LogP contribution in [0.15, 0.2) is 181 Å². The Morgan fingerprint density at radius 1 is 0.442 bits per heavy atom. The van der Waals surface area contributed by atoms with E-state index in [9.17, 15) is 0 Å². The van der Waals surface area contributed by atoms with E-state index in [4.69, 9.17) is 10.7 Å². The van der Waals surface area contributed by atoms with Crippen molar-refractivity contribution < 1.29 is 0 Å². The van der Waals surface area contributed by atoms with Gasteiger partial charge < -0.3 is 5.73 Å². The van der Waals surface area contributed by atoms with Gasteiger partial charge in [0, 0.05) is 11.8 Å². The van der Waals surface area contributed by atoms with Gasteiger partial charge in [0.15, 0.2) is 0 Å². The van der Waals surface area contributed by atoms with Crippen molar-refractivity contribution >= 4 is 49.3 Å². The van der Waals surface area contributed by atoms with E-state index in [-0.39, 0.29) is 0 Å². The maximum atomic E-state index is 6.99. The van der Waals surface area contributed by atoms with Crippen LogP contribution in [0.3, 0.4) is 0 Å². The smallest absolute Gasteiger partial charge is 0.127 e. The Morgan fingerprint density at radius 3 is 1.90 bits per heavy atom. The zero-order valence-corrected chi connectivity index (χ0v) is 28.5. The van der Waals surface area contributed by atoms with Crippen LogP contribution in [0, 0.1) is 0 Å². The summed E-state index contributed by atoms with van der Waals surface area (Å²) >= 11 is 0. The molecular weight excluding hydrogens is 631 g/mol. The topological polar surface area (TPSA) is 50.4 Å². The third kappa shape index (κ3) is 5.10. The molecule has 52 heavy (non-hydrogen) atoms. The molecule has 3 heteroatoms. The molecule has 0 amide bonds. The minimum absolute atomic E-state index is 0.411. The number of fused-ring (bicyclic) bond motifs is 7. The molecule has 0 radical (unpaired) electrons. The fourth-order valence-electron chi connectivity index (χ4n) is 8.13. The third-order valence-electron chi connectivity index (χ3n) is 10.7. The molecule has 0 heterocycles. The summed E-state index contributed by atoms with van der Waals surface area (Å²) in [6, 6.07) is 62.9. The van der Waals surface area contributed by atoms with E-state index in [0.717, 1.165) is 22.3 Å². The first kappa shape index (κ1) is 30.4. The Hall–Kier alpha value is -6.39. The molecule has 1 aliphatic rings. The summed E-state index contributed by atoms with van der Waals surface area (Å²) in [7, 11) is 0. The van der Waals surface area contributed by atoms with Crippen LogP contribution in [0.25, 0.3) is 76.5 Å². The van der Waals surface area contributed by atoms with Gasteiger partial charge in [0.05, 0.1) is 6.17 Å². The number of hydrogen-bond donors (Lipinski definition) is 2. The molecule has 2 atom stereocenters. The number of nitrogens with one attached hydrogen (secondary N) is 1. The molecule has 2 unspecified atom stereocenters. The maximum Gasteiger partial charge on any atom is 0.127 e. The summed E-state index contributed by atoms with van der Waals surface area (Å²) < 4.78 is 0. The Kier molecular flexibility index (Phi) is 7.28. The van der Waals surface area contributed by atoms with Crippen molar-refractivity contribution in [1.82, 2.24) is 5.32 Å². The number of hydrogen-bond acceptors (Lipinski definition) is 3. The molecule has 0 spiro atoms. The minimum atomic E-state index is -0.450. The molecule has 9 aromatic rings. The van der Waals surface area contributed by atoms with Crippen LogP contribution in [-0.4, -0.2) is 6.21 Å². The molecule has 3 N–H and O–H groups in total. The first-order valence-corrected chi connectivity index (χ1v) is 17.9. The lowest BCUT2D eigenvalue weighted by atomic mass is 9.94. The van der Waals surface area contributed by atoms with Gasteiger partial charge in [-0.1, -0.05) is 164 Å². The SMILES string of the molecule is NC(NC(N=Cc1c2ccccc2cc2c1ccc1ccccc12)c1ccc2c(c1)-c1cccc3cccc-2c13)c1ccc(-c2ccccc2)cc1. The van der Waals surface area contributed by atoms with Gasteiger partial charge in [-0.3, -0.25) is 10.3 Å². The summed E-state index contributed by atoms with van der Waals surface area (Å²) in [4.78, 5) is 5.38. The van der Waals surface area contributed by atoms with Crippen molar-refractivity contribution in [2.24, 2.45) is 10.7 Å². The second-order valence-electron chi connectivity index (χ2n) is 13.7. The monoisotopic (exact) mass is 665 g/mol. The molecule has 1 aliphatic carbocycles. The standard InChI is InChI=1S/C49H35N3/c50-48(35-22-20-32(21-23-35)31-10-2-1-3-11-31)52-49(37-25-27-40-42-18-8-14-34-15-9-19-43(47(34)42)45(40)29-37)51-30-46-39-17-7-5-13-36(39)28-44-38-16-6-4-12-33(38)24-26-41(44)46/h1-30,48-49,52H,50H2. The van der Waals surface area contributed by atoms with Crippen LogP contribution in [0.5, 0.6) is 0 Å². The molecule has 0 saturated heterocycles. The fraction of sp³-hybridized carbons (Fsp3) is 0.0408. The van der Waals surface area contributed by atoms with Gasteiger partial charge in [0.1, 0.15) is 6.17 Å². The average Bonchev–Trinajstić information content (AvgIpc) is 3.53. The van der Waals surface area contributed by atoms with Crippen LogP contribution in [0.2, 0.25) is 0 Å². The van der Waals surface area contributed by atoms with Gasteiger partial charge in [-0.2, -0.15) is 0 Å². The van der Waals surface area contributed by atoms with E-state index in [0.29, 0.717) is 0 Å². The highest BCUT2D eigenvalue weighted by Crippen LogP contribution is 2.48. The molecular formula is C49H35N3. The van der Waals surface area contributed by atoms with Crippen LogP contribution < -0.4 is 11.1 Å². The number of rotatable bonds is 7. The fourth-order valence-corrected chi connectivity index (χ4v) is 8.13. The summed E-state index contributed by atoms with van der Waals surface area (Å²) in [6.07, 6.45) is 1.20. The minimum Gasteiger partial charge on any atom is -0.312 e. The van der Waals surface area contributed by atoms with Gasteiger partial charge in [-0.05, 0) is 99.7 Å². The number of aliphatic imine (C=N–C) groups is 1. The zero-order valence-electron chi connectivity index (χ0n) is 28.5. The largest absolute Gasteiger partial charge is 0.312 e. The summed E-state index contributed by atoms with van der Waals surface area (Å²) in [5, 5.41) is 13.5. The van der Waals surface area contributed by atoms with Crippen LogP contribution in [-0.2, 0) is 0 Å². The summed E-state index contributed by atoms with van der Waals surface area (Å²) in [5.41, 5.74) is 17.5. The van der Waals surface area contributed by atoms with Gasteiger partial charge in [0.25, 0.3) is 0 Å². The van der Waals surface area contributed by atoms with E-state index in [1.54, 1.807) is 0 Å². The van der Waals surface area contributed by atoms with Crippen molar-refractivity contribution in [2.45, 2.75) is 12.3 Å². The average molecular weight is 666 g/mol. The number of benzene rings is 9. The van der Waals surface area contributed by atoms with Gasteiger partial charge >= 0.3 is 0 Å². The lowest BCUT2D eigenvalue weighted by molar-refractivity contribution is 0.467. The maximum absolute atomic E-state index is 6.99. The van der Waals surface area contributed by atoms with Crippen molar-refractivity contribution in [3.8, 4) is 33.4 Å². The Morgan fingerprint density at radius 2 is 1.10 bits per heavy atom. The summed E-state index contributed by atoms with van der Waals surface area (Å²) in [5.74, 6) is 0. The molecule has 246 valence electrons. The highest BCUT2D eigenvalue weighted by molar-refractivity contribution is 6.20. The van der Waals surface area contributed by atoms with Crippen LogP contribution >= 0.6 is 0 Å². The first-order chi connectivity index (χ1) is 25.7. The molecule has 3 nitrogen and oxygen atoms in total. The van der Waals surface area contributed by atoms with Crippen LogP contribution in [0.1, 0.15) is 29.0 Å². The molecule has 0 aromatic heterocycles. The Balaban J connectivity index is 1.10. The lowest BCUT2D eigenvalue weighted by Crippen LogP contribution is -2.31. The van der Waals surface area contributed by atoms with Gasteiger partial charge in [-0.25, -0.2) is 0 Å². The molecule has 0 saturated carbocycles. The second-order valence-corrected chi connectivity index (χ2v) is 13.7. The van der Waals surface area contributed by atoms with Gasteiger partial charge in [-0.15, -0.1) is 0 Å². The molecule has 0 bridgehead atoms. The Labute approximate surface area is 302 Å². The second kappa shape index (κ2) is 12.4. The molecule has 0 aliphatic heterocycles. The van der Waals surface area contributed by atoms with Crippen molar-refractivity contribution in [3.05, 3.63) is 193 Å².